The summed E-state index contributed by atoms with van der Waals surface area (Å²) in [6.07, 6.45) is 2.66. The first-order valence-corrected chi connectivity index (χ1v) is 8.10. The second-order valence-corrected chi connectivity index (χ2v) is 6.73. The van der Waals surface area contributed by atoms with Gasteiger partial charge in [0, 0.05) is 25.2 Å². The van der Waals surface area contributed by atoms with Crippen LogP contribution in [0, 0.1) is 12.8 Å². The van der Waals surface area contributed by atoms with Crippen molar-refractivity contribution >= 4 is 0 Å². The molecule has 1 heterocycles. The monoisotopic (exact) mass is 274 g/mol. The van der Waals surface area contributed by atoms with Crippen molar-refractivity contribution in [2.45, 2.75) is 52.6 Å². The van der Waals surface area contributed by atoms with Gasteiger partial charge in [-0.05, 0) is 44.7 Å². The van der Waals surface area contributed by atoms with Crippen LogP contribution in [0.2, 0.25) is 0 Å². The highest BCUT2D eigenvalue weighted by Crippen LogP contribution is 2.23. The molecule has 112 valence electrons. The van der Waals surface area contributed by atoms with E-state index in [9.17, 15) is 0 Å². The molecule has 20 heavy (non-hydrogen) atoms. The summed E-state index contributed by atoms with van der Waals surface area (Å²) in [6.45, 7) is 12.7. The largest absolute Gasteiger partial charge is 0.313 e. The maximum absolute atomic E-state index is 3.63. The van der Waals surface area contributed by atoms with Gasteiger partial charge in [0.25, 0.3) is 0 Å². The molecule has 0 aromatic heterocycles. The molecule has 0 amide bonds. The van der Waals surface area contributed by atoms with Gasteiger partial charge >= 0.3 is 0 Å². The van der Waals surface area contributed by atoms with Gasteiger partial charge in [-0.1, -0.05) is 43.7 Å². The van der Waals surface area contributed by atoms with Crippen LogP contribution in [0.15, 0.2) is 24.3 Å². The number of aryl methyl sites for hydroxylation is 1. The summed E-state index contributed by atoms with van der Waals surface area (Å²) in [5, 5.41) is 3.63. The zero-order chi connectivity index (χ0) is 14.5. The molecule has 1 saturated heterocycles. The molecular formula is C18H30N2. The molecular weight excluding hydrogens is 244 g/mol. The Balaban J connectivity index is 2.05. The van der Waals surface area contributed by atoms with Gasteiger partial charge in [-0.25, -0.2) is 0 Å². The number of hydrogen-bond acceptors (Lipinski definition) is 2. The molecule has 1 aromatic carbocycles. The third-order valence-electron chi connectivity index (χ3n) is 4.32. The molecule has 0 bridgehead atoms. The molecule has 1 aliphatic rings. The predicted octanol–water partition coefficient (Wildman–Crippen LogP) is 3.77. The smallest absolute Gasteiger partial charge is 0.0320 e. The molecule has 0 saturated carbocycles. The van der Waals surface area contributed by atoms with Gasteiger partial charge in [-0.3, -0.25) is 4.90 Å². The second kappa shape index (κ2) is 7.24. The Morgan fingerprint density at radius 3 is 2.45 bits per heavy atom. The zero-order valence-electron chi connectivity index (χ0n) is 13.5. The Kier molecular flexibility index (Phi) is 5.62. The minimum atomic E-state index is 0.500. The van der Waals surface area contributed by atoms with Crippen molar-refractivity contribution in [1.29, 1.82) is 0 Å². The average Bonchev–Trinajstić information content (AvgIpc) is 2.90. The highest BCUT2D eigenvalue weighted by atomic mass is 15.2. The molecule has 1 aliphatic heterocycles. The fourth-order valence-electron chi connectivity index (χ4n) is 3.11. The van der Waals surface area contributed by atoms with Crippen molar-refractivity contribution in [2.24, 2.45) is 5.92 Å². The van der Waals surface area contributed by atoms with Gasteiger partial charge < -0.3 is 5.32 Å². The number of nitrogens with one attached hydrogen (secondary N) is 1. The summed E-state index contributed by atoms with van der Waals surface area (Å²) in [5.74, 6) is 0.712. The first kappa shape index (κ1) is 15.5. The molecule has 0 aliphatic carbocycles. The molecule has 1 N–H and O–H groups in total. The van der Waals surface area contributed by atoms with E-state index in [0.29, 0.717) is 18.0 Å². The number of hydrogen-bond donors (Lipinski definition) is 1. The Morgan fingerprint density at radius 1 is 1.20 bits per heavy atom. The summed E-state index contributed by atoms with van der Waals surface area (Å²) in [7, 11) is 0. The van der Waals surface area contributed by atoms with Crippen LogP contribution in [-0.2, 0) is 0 Å². The van der Waals surface area contributed by atoms with Gasteiger partial charge in [0.05, 0.1) is 0 Å². The Bertz CT molecular complexity index is 390. The number of benzene rings is 1. The fraction of sp³-hybridized carbons (Fsp3) is 0.667. The normalized spacial score (nSPS) is 20.8. The van der Waals surface area contributed by atoms with E-state index in [4.69, 9.17) is 0 Å². The van der Waals surface area contributed by atoms with Crippen molar-refractivity contribution in [2.75, 3.05) is 19.6 Å². The van der Waals surface area contributed by atoms with Crippen LogP contribution in [0.1, 0.15) is 50.8 Å². The molecule has 2 rings (SSSR count). The van der Waals surface area contributed by atoms with E-state index in [0.717, 1.165) is 0 Å². The van der Waals surface area contributed by atoms with Gasteiger partial charge in [0.15, 0.2) is 0 Å². The molecule has 1 fully saturated rings. The van der Waals surface area contributed by atoms with Crippen LogP contribution in [0.25, 0.3) is 0 Å². The van der Waals surface area contributed by atoms with Crippen LogP contribution in [0.4, 0.5) is 0 Å². The molecule has 0 spiro atoms. The molecule has 0 radical (unpaired) electrons. The molecule has 2 unspecified atom stereocenters. The quantitative estimate of drug-likeness (QED) is 0.849. The van der Waals surface area contributed by atoms with Crippen molar-refractivity contribution in [1.82, 2.24) is 10.2 Å². The minimum Gasteiger partial charge on any atom is -0.313 e. The van der Waals surface area contributed by atoms with E-state index in [1.807, 2.05) is 0 Å². The van der Waals surface area contributed by atoms with Gasteiger partial charge in [0.1, 0.15) is 0 Å². The lowest BCUT2D eigenvalue weighted by atomic mass is 10.0. The summed E-state index contributed by atoms with van der Waals surface area (Å²) >= 11 is 0. The highest BCUT2D eigenvalue weighted by molar-refractivity contribution is 5.23. The lowest BCUT2D eigenvalue weighted by Crippen LogP contribution is -2.40. The SMILES string of the molecule is Cc1ccc(C(C)N(CC(C)C)CC2CCCN2)cc1. The summed E-state index contributed by atoms with van der Waals surface area (Å²) < 4.78 is 0. The third-order valence-corrected chi connectivity index (χ3v) is 4.32. The van der Waals surface area contributed by atoms with Gasteiger partial charge in [-0.2, -0.15) is 0 Å². The van der Waals surface area contributed by atoms with Crippen LogP contribution in [0.3, 0.4) is 0 Å². The third kappa shape index (κ3) is 4.32. The van der Waals surface area contributed by atoms with Crippen molar-refractivity contribution in [3.8, 4) is 0 Å². The summed E-state index contributed by atoms with van der Waals surface area (Å²) in [4.78, 5) is 2.65. The summed E-state index contributed by atoms with van der Waals surface area (Å²) in [6, 6.07) is 10.2. The van der Waals surface area contributed by atoms with Crippen LogP contribution >= 0.6 is 0 Å². The standard InChI is InChI=1S/C18H30N2/c1-14(2)12-20(13-18-6-5-11-19-18)16(4)17-9-7-15(3)8-10-17/h7-10,14,16,18-19H,5-6,11-13H2,1-4H3. The zero-order valence-corrected chi connectivity index (χ0v) is 13.5. The summed E-state index contributed by atoms with van der Waals surface area (Å²) in [5.41, 5.74) is 2.78. The van der Waals surface area contributed by atoms with Crippen molar-refractivity contribution < 1.29 is 0 Å². The Hall–Kier alpha value is -0.860. The topological polar surface area (TPSA) is 15.3 Å². The van der Waals surface area contributed by atoms with E-state index < -0.39 is 0 Å². The maximum Gasteiger partial charge on any atom is 0.0320 e. The van der Waals surface area contributed by atoms with Crippen LogP contribution in [-0.4, -0.2) is 30.6 Å². The minimum absolute atomic E-state index is 0.500. The second-order valence-electron chi connectivity index (χ2n) is 6.73. The molecule has 2 heteroatoms. The predicted molar refractivity (Wildman–Crippen MR) is 87.0 cm³/mol. The van der Waals surface area contributed by atoms with Crippen molar-refractivity contribution in [3.05, 3.63) is 35.4 Å². The van der Waals surface area contributed by atoms with E-state index in [1.165, 1.54) is 43.6 Å². The lowest BCUT2D eigenvalue weighted by molar-refractivity contribution is 0.171. The highest BCUT2D eigenvalue weighted by Gasteiger charge is 2.22. The van der Waals surface area contributed by atoms with E-state index in [2.05, 4.69) is 62.2 Å². The number of nitrogens with zero attached hydrogens (tertiary/aromatic N) is 1. The van der Waals surface area contributed by atoms with Gasteiger partial charge in [0.2, 0.25) is 0 Å². The van der Waals surface area contributed by atoms with E-state index in [-0.39, 0.29) is 0 Å². The Morgan fingerprint density at radius 2 is 1.90 bits per heavy atom. The molecule has 2 nitrogen and oxygen atoms in total. The van der Waals surface area contributed by atoms with Crippen molar-refractivity contribution in [3.63, 3.8) is 0 Å². The first-order valence-electron chi connectivity index (χ1n) is 8.10. The Labute approximate surface area is 124 Å². The lowest BCUT2D eigenvalue weighted by Gasteiger charge is -2.33. The average molecular weight is 274 g/mol. The van der Waals surface area contributed by atoms with E-state index >= 15 is 0 Å². The first-order chi connectivity index (χ1) is 9.56. The van der Waals surface area contributed by atoms with Crippen LogP contribution in [0.5, 0.6) is 0 Å². The maximum atomic E-state index is 3.63. The van der Waals surface area contributed by atoms with Gasteiger partial charge in [-0.15, -0.1) is 0 Å². The number of rotatable bonds is 6. The fourth-order valence-corrected chi connectivity index (χ4v) is 3.11. The van der Waals surface area contributed by atoms with Crippen LogP contribution < -0.4 is 5.32 Å². The molecule has 2 atom stereocenters. The van der Waals surface area contributed by atoms with E-state index in [1.54, 1.807) is 0 Å². The molecule has 1 aromatic rings.